The van der Waals surface area contributed by atoms with Crippen LogP contribution in [0.3, 0.4) is 0 Å². The van der Waals surface area contributed by atoms with Crippen LogP contribution in [0.1, 0.15) is 16.7 Å². The number of hydrogen-bond donors (Lipinski definition) is 3. The van der Waals surface area contributed by atoms with Gasteiger partial charge in [0, 0.05) is 19.1 Å². The summed E-state index contributed by atoms with van der Waals surface area (Å²) >= 11 is 0. The molecule has 6 heteroatoms. The fraction of sp³-hybridized carbons (Fsp3) is 0.250. The molecule has 0 fully saturated rings. The monoisotopic (exact) mass is 512 g/mol. The first-order valence-corrected chi connectivity index (χ1v) is 12.9. The Hall–Kier alpha value is -3.84. The number of nitrogens with two attached hydrogens (primary N) is 1. The molecule has 6 nitrogen and oxygen atoms in total. The van der Waals surface area contributed by atoms with Gasteiger partial charge in [0.15, 0.2) is 0 Å². The van der Waals surface area contributed by atoms with E-state index in [-0.39, 0.29) is 19.3 Å². The van der Waals surface area contributed by atoms with Crippen molar-refractivity contribution in [1.82, 2.24) is 4.90 Å². The molecule has 0 amide bonds. The summed E-state index contributed by atoms with van der Waals surface area (Å²) < 4.78 is 11.7. The van der Waals surface area contributed by atoms with Crippen molar-refractivity contribution in [1.29, 1.82) is 0 Å². The molecule has 0 aliphatic rings. The highest BCUT2D eigenvalue weighted by molar-refractivity contribution is 5.54. The zero-order valence-electron chi connectivity index (χ0n) is 21.5. The SMILES string of the molecule is Nc1cc(C[C@@H](CO)N(Cc2ccccc2)C[C@H](O)COc2ccccc2)ccc1OCc1ccccc1. The van der Waals surface area contributed by atoms with Crippen LogP contribution < -0.4 is 15.2 Å². The second-order valence-corrected chi connectivity index (χ2v) is 9.38. The molecule has 0 saturated carbocycles. The minimum absolute atomic E-state index is 0.0642. The number of aliphatic hydroxyl groups excluding tert-OH is 2. The Morgan fingerprint density at radius 1 is 0.737 bits per heavy atom. The lowest BCUT2D eigenvalue weighted by atomic mass is 10.0. The molecular formula is C32H36N2O4. The highest BCUT2D eigenvalue weighted by atomic mass is 16.5. The zero-order chi connectivity index (χ0) is 26.6. The van der Waals surface area contributed by atoms with Gasteiger partial charge in [0.05, 0.1) is 12.3 Å². The Morgan fingerprint density at radius 3 is 2.00 bits per heavy atom. The second-order valence-electron chi connectivity index (χ2n) is 9.38. The van der Waals surface area contributed by atoms with Gasteiger partial charge in [-0.1, -0.05) is 84.9 Å². The molecule has 4 N–H and O–H groups in total. The molecule has 2 atom stereocenters. The molecule has 0 aromatic heterocycles. The highest BCUT2D eigenvalue weighted by Gasteiger charge is 2.22. The van der Waals surface area contributed by atoms with Crippen molar-refractivity contribution in [2.75, 3.05) is 25.5 Å². The van der Waals surface area contributed by atoms with Gasteiger partial charge in [-0.2, -0.15) is 0 Å². The van der Waals surface area contributed by atoms with Crippen molar-refractivity contribution >= 4 is 5.69 Å². The maximum atomic E-state index is 10.8. The molecule has 0 radical (unpaired) electrons. The summed E-state index contributed by atoms with van der Waals surface area (Å²) in [6.07, 6.45) is -0.162. The van der Waals surface area contributed by atoms with Crippen molar-refractivity contribution in [3.63, 3.8) is 0 Å². The molecule has 0 spiro atoms. The summed E-state index contributed by atoms with van der Waals surface area (Å²) in [7, 11) is 0. The topological polar surface area (TPSA) is 88.2 Å². The van der Waals surface area contributed by atoms with E-state index in [9.17, 15) is 10.2 Å². The van der Waals surface area contributed by atoms with Gasteiger partial charge in [0.25, 0.3) is 0 Å². The van der Waals surface area contributed by atoms with E-state index in [0.717, 1.165) is 16.7 Å². The minimum Gasteiger partial charge on any atom is -0.491 e. The maximum absolute atomic E-state index is 10.8. The fourth-order valence-electron chi connectivity index (χ4n) is 4.37. The molecular weight excluding hydrogens is 476 g/mol. The van der Waals surface area contributed by atoms with Crippen molar-refractivity contribution in [3.8, 4) is 11.5 Å². The van der Waals surface area contributed by atoms with E-state index >= 15 is 0 Å². The Labute approximate surface area is 224 Å². The molecule has 4 aromatic carbocycles. The normalized spacial score (nSPS) is 12.7. The first-order valence-electron chi connectivity index (χ1n) is 12.9. The van der Waals surface area contributed by atoms with Crippen LogP contribution in [0.5, 0.6) is 11.5 Å². The Bertz CT molecular complexity index is 1220. The molecule has 0 bridgehead atoms. The summed E-state index contributed by atoms with van der Waals surface area (Å²) in [6.45, 7) is 1.47. The zero-order valence-corrected chi connectivity index (χ0v) is 21.5. The molecule has 0 aliphatic heterocycles. The molecule has 0 aliphatic carbocycles. The average molecular weight is 513 g/mol. The number of benzene rings is 4. The third kappa shape index (κ3) is 8.35. The molecule has 0 unspecified atom stereocenters. The van der Waals surface area contributed by atoms with Gasteiger partial charge in [0.1, 0.15) is 30.8 Å². The van der Waals surface area contributed by atoms with Crippen molar-refractivity contribution in [3.05, 3.63) is 126 Å². The number of ether oxygens (including phenoxy) is 2. The predicted octanol–water partition coefficient (Wildman–Crippen LogP) is 4.69. The van der Waals surface area contributed by atoms with Crippen LogP contribution in [0.15, 0.2) is 109 Å². The molecule has 38 heavy (non-hydrogen) atoms. The summed E-state index contributed by atoms with van der Waals surface area (Å²) in [5, 5.41) is 21.2. The number of anilines is 1. The summed E-state index contributed by atoms with van der Waals surface area (Å²) in [4.78, 5) is 2.10. The van der Waals surface area contributed by atoms with Crippen LogP contribution in [0.2, 0.25) is 0 Å². The number of para-hydroxylation sites is 1. The number of aliphatic hydroxyl groups is 2. The van der Waals surface area contributed by atoms with Crippen LogP contribution in [-0.2, 0) is 19.6 Å². The van der Waals surface area contributed by atoms with Gasteiger partial charge in [0.2, 0.25) is 0 Å². The highest BCUT2D eigenvalue weighted by Crippen LogP contribution is 2.25. The van der Waals surface area contributed by atoms with Crippen molar-refractivity contribution < 1.29 is 19.7 Å². The average Bonchev–Trinajstić information content (AvgIpc) is 2.96. The largest absolute Gasteiger partial charge is 0.491 e. The number of nitrogen functional groups attached to an aromatic ring is 1. The summed E-state index contributed by atoms with van der Waals surface area (Å²) in [5.74, 6) is 1.35. The van der Waals surface area contributed by atoms with Crippen molar-refractivity contribution in [2.45, 2.75) is 31.7 Å². The standard InChI is InChI=1S/C32H36N2O4/c33-31-19-27(16-17-32(31)38-23-26-12-6-2-7-13-26)18-28(22-35)34(20-25-10-4-1-5-11-25)21-29(36)24-37-30-14-8-3-9-15-30/h1-17,19,28-29,35-36H,18,20-24,33H2/t28-,29-/m0/s1. The molecule has 0 heterocycles. The van der Waals surface area contributed by atoms with E-state index in [1.54, 1.807) is 0 Å². The Kier molecular flexibility index (Phi) is 10.2. The predicted molar refractivity (Wildman–Crippen MR) is 151 cm³/mol. The van der Waals surface area contributed by atoms with Crippen molar-refractivity contribution in [2.24, 2.45) is 0 Å². The number of hydrogen-bond acceptors (Lipinski definition) is 6. The first-order chi connectivity index (χ1) is 18.6. The maximum Gasteiger partial charge on any atom is 0.142 e. The molecule has 0 saturated heterocycles. The lowest BCUT2D eigenvalue weighted by Gasteiger charge is -2.32. The van der Waals surface area contributed by atoms with E-state index < -0.39 is 6.10 Å². The van der Waals surface area contributed by atoms with Crippen LogP contribution in [-0.4, -0.2) is 47.0 Å². The summed E-state index contributed by atoms with van der Waals surface area (Å²) in [5.41, 5.74) is 10.0. The van der Waals surface area contributed by atoms with Crippen LogP contribution >= 0.6 is 0 Å². The third-order valence-electron chi connectivity index (χ3n) is 6.37. The van der Waals surface area contributed by atoms with Crippen LogP contribution in [0, 0.1) is 0 Å². The van der Waals surface area contributed by atoms with Gasteiger partial charge in [-0.25, -0.2) is 0 Å². The first kappa shape index (κ1) is 27.2. The minimum atomic E-state index is -0.730. The summed E-state index contributed by atoms with van der Waals surface area (Å²) in [6, 6.07) is 35.0. The lowest BCUT2D eigenvalue weighted by Crippen LogP contribution is -2.44. The second kappa shape index (κ2) is 14.2. The smallest absolute Gasteiger partial charge is 0.142 e. The van der Waals surface area contributed by atoms with Gasteiger partial charge < -0.3 is 25.4 Å². The van der Waals surface area contributed by atoms with Gasteiger partial charge in [-0.15, -0.1) is 0 Å². The molecule has 4 aromatic rings. The Morgan fingerprint density at radius 2 is 1.37 bits per heavy atom. The Balaban J connectivity index is 1.42. The van der Waals surface area contributed by atoms with E-state index in [1.165, 1.54) is 0 Å². The fourth-order valence-corrected chi connectivity index (χ4v) is 4.37. The molecule has 198 valence electrons. The number of rotatable bonds is 14. The third-order valence-corrected chi connectivity index (χ3v) is 6.37. The van der Waals surface area contributed by atoms with E-state index in [1.807, 2.05) is 109 Å². The van der Waals surface area contributed by atoms with E-state index in [0.29, 0.717) is 43.3 Å². The van der Waals surface area contributed by atoms with Gasteiger partial charge >= 0.3 is 0 Å². The van der Waals surface area contributed by atoms with E-state index in [2.05, 4.69) is 4.90 Å². The van der Waals surface area contributed by atoms with Crippen LogP contribution in [0.25, 0.3) is 0 Å². The molecule has 4 rings (SSSR count). The quantitative estimate of drug-likeness (QED) is 0.213. The van der Waals surface area contributed by atoms with Gasteiger partial charge in [-0.05, 0) is 47.4 Å². The van der Waals surface area contributed by atoms with E-state index in [4.69, 9.17) is 15.2 Å². The van der Waals surface area contributed by atoms with Crippen LogP contribution in [0.4, 0.5) is 5.69 Å². The lowest BCUT2D eigenvalue weighted by molar-refractivity contribution is 0.0335. The van der Waals surface area contributed by atoms with Gasteiger partial charge in [-0.3, -0.25) is 4.90 Å². The number of nitrogens with zero attached hydrogens (tertiary/aromatic N) is 1.